The molecule has 4 nitrogen and oxygen atoms in total. The Morgan fingerprint density at radius 1 is 0.411 bits per heavy atom. The lowest BCUT2D eigenvalue weighted by atomic mass is 10.0. The van der Waals surface area contributed by atoms with Gasteiger partial charge in [0.05, 0.1) is 18.8 Å². The van der Waals surface area contributed by atoms with Crippen molar-refractivity contribution in [3.63, 3.8) is 0 Å². The second kappa shape index (κ2) is 48.2. The first kappa shape index (κ1) is 54.9. The van der Waals surface area contributed by atoms with Gasteiger partial charge in [0.1, 0.15) is 0 Å². The van der Waals surface area contributed by atoms with Crippen LogP contribution in [0.3, 0.4) is 0 Å². The fourth-order valence-corrected chi connectivity index (χ4v) is 8.02. The molecule has 4 heteroatoms. The van der Waals surface area contributed by atoms with Crippen molar-refractivity contribution in [1.29, 1.82) is 0 Å². The fourth-order valence-electron chi connectivity index (χ4n) is 8.02. The second-order valence-corrected chi connectivity index (χ2v) is 17.6. The van der Waals surface area contributed by atoms with Crippen molar-refractivity contribution in [1.82, 2.24) is 5.32 Å². The van der Waals surface area contributed by atoms with Crippen LogP contribution in [0.1, 0.15) is 284 Å². The van der Waals surface area contributed by atoms with E-state index in [-0.39, 0.29) is 12.5 Å². The third-order valence-electron chi connectivity index (χ3n) is 11.9. The molecule has 0 saturated heterocycles. The van der Waals surface area contributed by atoms with Crippen molar-refractivity contribution in [2.24, 2.45) is 0 Å². The monoisotopic (exact) mass is 788 g/mol. The molecule has 0 aromatic carbocycles. The molecule has 0 bridgehead atoms. The highest BCUT2D eigenvalue weighted by Gasteiger charge is 2.17. The SMILES string of the molecule is CCCCCCCCCCCCCCCCCCCCCCCCCCCCC/C=C/CC/C=C/C(O)C(CO)NC(=O)CCCCCCCCCCCCC. The van der Waals surface area contributed by atoms with Crippen LogP contribution in [0.2, 0.25) is 0 Å². The molecule has 3 N–H and O–H groups in total. The van der Waals surface area contributed by atoms with E-state index in [1.807, 2.05) is 6.08 Å². The maximum atomic E-state index is 12.3. The van der Waals surface area contributed by atoms with Gasteiger partial charge in [-0.3, -0.25) is 4.79 Å². The summed E-state index contributed by atoms with van der Waals surface area (Å²) in [6.45, 7) is 4.31. The van der Waals surface area contributed by atoms with Gasteiger partial charge < -0.3 is 15.5 Å². The van der Waals surface area contributed by atoms with Crippen LogP contribution in [0.15, 0.2) is 24.3 Å². The van der Waals surface area contributed by atoms with Gasteiger partial charge in [0, 0.05) is 6.42 Å². The number of aliphatic hydroxyl groups excluding tert-OH is 2. The van der Waals surface area contributed by atoms with E-state index in [2.05, 4.69) is 31.3 Å². The Morgan fingerprint density at radius 2 is 0.696 bits per heavy atom. The number of unbranched alkanes of at least 4 members (excludes halogenated alkanes) is 38. The van der Waals surface area contributed by atoms with Crippen molar-refractivity contribution in [3.8, 4) is 0 Å². The fraction of sp³-hybridized carbons (Fsp3) is 0.904. The Kier molecular flexibility index (Phi) is 47.3. The van der Waals surface area contributed by atoms with Crippen LogP contribution in [0, 0.1) is 0 Å². The summed E-state index contributed by atoms with van der Waals surface area (Å²) in [7, 11) is 0. The van der Waals surface area contributed by atoms with E-state index in [0.29, 0.717) is 6.42 Å². The lowest BCUT2D eigenvalue weighted by Gasteiger charge is -2.19. The molecule has 0 saturated carbocycles. The van der Waals surface area contributed by atoms with E-state index in [1.165, 1.54) is 231 Å². The molecular formula is C52H101NO3. The molecule has 0 heterocycles. The Labute approximate surface area is 351 Å². The summed E-state index contributed by atoms with van der Waals surface area (Å²) >= 11 is 0. The summed E-state index contributed by atoms with van der Waals surface area (Å²) in [5.41, 5.74) is 0. The molecule has 0 fully saturated rings. The van der Waals surface area contributed by atoms with Crippen molar-refractivity contribution >= 4 is 5.91 Å². The quantitative estimate of drug-likeness (QED) is 0.0425. The Hall–Kier alpha value is -1.13. The number of allylic oxidation sites excluding steroid dienone is 3. The van der Waals surface area contributed by atoms with Crippen LogP contribution in [-0.2, 0) is 4.79 Å². The van der Waals surface area contributed by atoms with E-state index in [4.69, 9.17) is 0 Å². The zero-order valence-corrected chi connectivity index (χ0v) is 38.2. The molecule has 0 aliphatic heterocycles. The van der Waals surface area contributed by atoms with Gasteiger partial charge in [-0.05, 0) is 32.1 Å². The number of amides is 1. The minimum absolute atomic E-state index is 0.0727. The number of rotatable bonds is 47. The molecule has 56 heavy (non-hydrogen) atoms. The standard InChI is InChI=1S/C52H101NO3/c1-3-5-7-9-11-13-15-16-17-18-19-20-21-22-23-24-25-26-27-28-29-30-31-32-33-34-35-36-38-39-41-43-45-47-51(55)50(49-54)53-52(56)48-46-44-42-40-37-14-12-10-8-6-4-2/h38-39,45,47,50-51,54-55H,3-37,40-44,46,48-49H2,1-2H3,(H,53,56)/b39-38+,47-45+. The molecule has 332 valence electrons. The maximum absolute atomic E-state index is 12.3. The third-order valence-corrected chi connectivity index (χ3v) is 11.9. The van der Waals surface area contributed by atoms with E-state index in [1.54, 1.807) is 6.08 Å². The molecule has 0 aliphatic rings. The largest absolute Gasteiger partial charge is 0.394 e. The molecule has 0 aromatic heterocycles. The maximum Gasteiger partial charge on any atom is 0.220 e. The predicted molar refractivity (Wildman–Crippen MR) is 249 cm³/mol. The average molecular weight is 788 g/mol. The molecule has 0 aliphatic carbocycles. The summed E-state index contributed by atoms with van der Waals surface area (Å²) in [4.78, 5) is 12.3. The number of nitrogens with one attached hydrogen (secondary N) is 1. The van der Waals surface area contributed by atoms with Crippen LogP contribution in [-0.4, -0.2) is 34.9 Å². The number of hydrogen-bond donors (Lipinski definition) is 3. The highest BCUT2D eigenvalue weighted by molar-refractivity contribution is 5.76. The van der Waals surface area contributed by atoms with E-state index in [0.717, 1.165) is 32.1 Å². The van der Waals surface area contributed by atoms with E-state index >= 15 is 0 Å². The van der Waals surface area contributed by atoms with E-state index in [9.17, 15) is 15.0 Å². The second-order valence-electron chi connectivity index (χ2n) is 17.6. The van der Waals surface area contributed by atoms with Gasteiger partial charge in [0.15, 0.2) is 0 Å². The highest BCUT2D eigenvalue weighted by atomic mass is 16.3. The topological polar surface area (TPSA) is 69.6 Å². The first-order valence-electron chi connectivity index (χ1n) is 25.6. The minimum Gasteiger partial charge on any atom is -0.394 e. The lowest BCUT2D eigenvalue weighted by molar-refractivity contribution is -0.123. The lowest BCUT2D eigenvalue weighted by Crippen LogP contribution is -2.45. The van der Waals surface area contributed by atoms with Crippen molar-refractivity contribution in [2.45, 2.75) is 296 Å². The number of aliphatic hydroxyl groups is 2. The first-order valence-corrected chi connectivity index (χ1v) is 25.6. The van der Waals surface area contributed by atoms with Gasteiger partial charge in [-0.25, -0.2) is 0 Å². The van der Waals surface area contributed by atoms with Gasteiger partial charge in [-0.1, -0.05) is 269 Å². The van der Waals surface area contributed by atoms with Crippen molar-refractivity contribution in [3.05, 3.63) is 24.3 Å². The summed E-state index contributed by atoms with van der Waals surface area (Å²) < 4.78 is 0. The first-order chi connectivity index (χ1) is 27.7. The Bertz CT molecular complexity index is 810. The average Bonchev–Trinajstić information content (AvgIpc) is 3.20. The molecule has 0 radical (unpaired) electrons. The minimum atomic E-state index is -0.858. The molecule has 1 amide bonds. The van der Waals surface area contributed by atoms with E-state index < -0.39 is 12.1 Å². The van der Waals surface area contributed by atoms with Gasteiger partial charge in [0.25, 0.3) is 0 Å². The van der Waals surface area contributed by atoms with Crippen LogP contribution < -0.4 is 5.32 Å². The van der Waals surface area contributed by atoms with Crippen molar-refractivity contribution in [2.75, 3.05) is 6.61 Å². The molecule has 2 atom stereocenters. The highest BCUT2D eigenvalue weighted by Crippen LogP contribution is 2.17. The summed E-state index contributed by atoms with van der Waals surface area (Å²) in [5, 5.41) is 23.0. The van der Waals surface area contributed by atoms with Crippen LogP contribution in [0.4, 0.5) is 0 Å². The summed E-state index contributed by atoms with van der Waals surface area (Å²) in [5.74, 6) is -0.0727. The number of carbonyl (C=O) groups excluding carboxylic acids is 1. The molecular weight excluding hydrogens is 687 g/mol. The molecule has 0 rings (SSSR count). The summed E-state index contributed by atoms with van der Waals surface area (Å²) in [6, 6.07) is -0.634. The summed E-state index contributed by atoms with van der Waals surface area (Å²) in [6.07, 6.45) is 63.4. The molecule has 2 unspecified atom stereocenters. The predicted octanol–water partition coefficient (Wildman–Crippen LogP) is 16.4. The zero-order chi connectivity index (χ0) is 40.7. The van der Waals surface area contributed by atoms with Crippen LogP contribution in [0.5, 0.6) is 0 Å². The Balaban J connectivity index is 3.44. The van der Waals surface area contributed by atoms with Gasteiger partial charge in [-0.2, -0.15) is 0 Å². The number of hydrogen-bond acceptors (Lipinski definition) is 3. The van der Waals surface area contributed by atoms with Crippen LogP contribution >= 0.6 is 0 Å². The molecule has 0 aromatic rings. The zero-order valence-electron chi connectivity index (χ0n) is 38.2. The smallest absolute Gasteiger partial charge is 0.220 e. The third kappa shape index (κ3) is 44.0. The van der Waals surface area contributed by atoms with Gasteiger partial charge in [-0.15, -0.1) is 0 Å². The van der Waals surface area contributed by atoms with Gasteiger partial charge in [0.2, 0.25) is 5.91 Å². The molecule has 0 spiro atoms. The van der Waals surface area contributed by atoms with Crippen molar-refractivity contribution < 1.29 is 15.0 Å². The Morgan fingerprint density at radius 3 is 1.04 bits per heavy atom. The normalized spacial score (nSPS) is 13.0. The van der Waals surface area contributed by atoms with Crippen LogP contribution in [0.25, 0.3) is 0 Å². The number of carbonyl (C=O) groups is 1. The van der Waals surface area contributed by atoms with Gasteiger partial charge >= 0.3 is 0 Å².